The summed E-state index contributed by atoms with van der Waals surface area (Å²) in [6.07, 6.45) is 1.83. The maximum atomic E-state index is 12.1. The number of hydrogen-bond donors (Lipinski definition) is 1. The van der Waals surface area contributed by atoms with E-state index in [1.165, 1.54) is 0 Å². The highest BCUT2D eigenvalue weighted by Crippen LogP contribution is 2.29. The Hall–Kier alpha value is -2.70. The number of imidazole rings is 1. The third-order valence-corrected chi connectivity index (χ3v) is 4.58. The molecule has 7 heteroatoms. The number of benzene rings is 2. The van der Waals surface area contributed by atoms with Gasteiger partial charge in [0.1, 0.15) is 6.61 Å². The topological polar surface area (TPSA) is 57.4 Å². The summed E-state index contributed by atoms with van der Waals surface area (Å²) >= 11 is 0. The maximum absolute atomic E-state index is 12.1. The molecule has 2 aromatic carbocycles. The standard InChI is InChI=1S/C21H25N3O3.ClH/c1-5-10-22-13-15-7-9-19(20(12-15)26-4)27-14-16-6-8-17-18(11-16)24(3)21(25)23(17)2;/h5-9,11-12,22H,1,10,13-14H2,2-4H3;1H/p-1. The Balaban J connectivity index is 0.00000280. The maximum Gasteiger partial charge on any atom is 0.328 e. The molecule has 3 aromatic rings. The molecular weight excluding hydrogens is 378 g/mol. The van der Waals surface area contributed by atoms with Crippen molar-refractivity contribution in [2.75, 3.05) is 13.7 Å². The first-order valence-electron chi connectivity index (χ1n) is 8.80. The number of nitrogens with zero attached hydrogens (tertiary/aromatic N) is 2. The van der Waals surface area contributed by atoms with Gasteiger partial charge in [-0.05, 0) is 35.4 Å². The van der Waals surface area contributed by atoms with Crippen LogP contribution in [-0.4, -0.2) is 22.8 Å². The van der Waals surface area contributed by atoms with Crippen molar-refractivity contribution in [3.63, 3.8) is 0 Å². The van der Waals surface area contributed by atoms with Crippen molar-refractivity contribution in [3.8, 4) is 11.5 Å². The molecule has 0 atom stereocenters. The summed E-state index contributed by atoms with van der Waals surface area (Å²) in [7, 11) is 5.18. The van der Waals surface area contributed by atoms with E-state index in [1.54, 1.807) is 30.3 Å². The minimum atomic E-state index is -0.0367. The fourth-order valence-electron chi connectivity index (χ4n) is 3.06. The molecule has 150 valence electrons. The smallest absolute Gasteiger partial charge is 0.328 e. The number of nitrogens with one attached hydrogen (secondary N) is 1. The molecule has 0 radical (unpaired) electrons. The lowest BCUT2D eigenvalue weighted by Gasteiger charge is -2.13. The van der Waals surface area contributed by atoms with Gasteiger partial charge in [-0.2, -0.15) is 0 Å². The number of fused-ring (bicyclic) bond motifs is 1. The molecule has 0 unspecified atom stereocenters. The van der Waals surface area contributed by atoms with Crippen LogP contribution in [0.3, 0.4) is 0 Å². The van der Waals surface area contributed by atoms with E-state index in [1.807, 2.05) is 42.5 Å². The summed E-state index contributed by atoms with van der Waals surface area (Å²) < 4.78 is 14.7. The molecule has 0 aliphatic heterocycles. The first kappa shape index (κ1) is 21.6. The normalized spacial score (nSPS) is 10.5. The molecule has 0 aliphatic rings. The molecule has 6 nitrogen and oxygen atoms in total. The van der Waals surface area contributed by atoms with Crippen LogP contribution in [-0.2, 0) is 27.2 Å². The van der Waals surface area contributed by atoms with Gasteiger partial charge in [-0.25, -0.2) is 4.79 Å². The Labute approximate surface area is 170 Å². The fourth-order valence-corrected chi connectivity index (χ4v) is 3.06. The first-order valence-corrected chi connectivity index (χ1v) is 8.80. The van der Waals surface area contributed by atoms with Gasteiger partial charge in [-0.15, -0.1) is 6.58 Å². The minimum Gasteiger partial charge on any atom is -1.00 e. The highest BCUT2D eigenvalue weighted by Gasteiger charge is 2.10. The van der Waals surface area contributed by atoms with Crippen molar-refractivity contribution in [1.29, 1.82) is 0 Å². The van der Waals surface area contributed by atoms with Gasteiger partial charge in [0.15, 0.2) is 11.5 Å². The molecule has 0 aliphatic carbocycles. The summed E-state index contributed by atoms with van der Waals surface area (Å²) in [6, 6.07) is 11.8. The second kappa shape index (κ2) is 9.48. The van der Waals surface area contributed by atoms with Gasteiger partial charge in [0, 0.05) is 27.2 Å². The van der Waals surface area contributed by atoms with Crippen molar-refractivity contribution < 1.29 is 21.9 Å². The largest absolute Gasteiger partial charge is 1.00 e. The van der Waals surface area contributed by atoms with Gasteiger partial charge in [-0.1, -0.05) is 18.2 Å². The van der Waals surface area contributed by atoms with Crippen LogP contribution in [0.2, 0.25) is 0 Å². The summed E-state index contributed by atoms with van der Waals surface area (Å²) in [5, 5.41) is 3.26. The molecule has 0 amide bonds. The summed E-state index contributed by atoms with van der Waals surface area (Å²) in [5.74, 6) is 1.38. The molecule has 0 saturated carbocycles. The van der Waals surface area contributed by atoms with E-state index in [4.69, 9.17) is 9.47 Å². The molecule has 3 rings (SSSR count). The van der Waals surface area contributed by atoms with Crippen molar-refractivity contribution in [2.24, 2.45) is 14.1 Å². The Morgan fingerprint density at radius 3 is 2.46 bits per heavy atom. The van der Waals surface area contributed by atoms with Gasteiger partial charge in [0.05, 0.1) is 18.1 Å². The summed E-state index contributed by atoms with van der Waals surface area (Å²) in [4.78, 5) is 12.1. The lowest BCUT2D eigenvalue weighted by molar-refractivity contribution is -0.00000623. The summed E-state index contributed by atoms with van der Waals surface area (Å²) in [5.41, 5.74) is 3.86. The Morgan fingerprint density at radius 2 is 1.75 bits per heavy atom. The Kier molecular flexibility index (Phi) is 7.31. The van der Waals surface area contributed by atoms with Crippen molar-refractivity contribution in [1.82, 2.24) is 14.5 Å². The second-order valence-electron chi connectivity index (χ2n) is 6.42. The number of aromatic nitrogens is 2. The number of ether oxygens (including phenoxy) is 2. The molecule has 1 heterocycles. The third-order valence-electron chi connectivity index (χ3n) is 4.58. The number of rotatable bonds is 8. The molecule has 1 aromatic heterocycles. The molecule has 0 spiro atoms. The Bertz CT molecular complexity index is 1020. The van der Waals surface area contributed by atoms with E-state index in [0.717, 1.165) is 35.2 Å². The van der Waals surface area contributed by atoms with Crippen LogP contribution < -0.4 is 32.9 Å². The van der Waals surface area contributed by atoms with Crippen LogP contribution in [0.15, 0.2) is 53.8 Å². The zero-order valence-corrected chi connectivity index (χ0v) is 17.1. The van der Waals surface area contributed by atoms with E-state index >= 15 is 0 Å². The van der Waals surface area contributed by atoms with Gasteiger partial charge in [-0.3, -0.25) is 9.13 Å². The molecule has 28 heavy (non-hydrogen) atoms. The third kappa shape index (κ3) is 4.40. The fraction of sp³-hybridized carbons (Fsp3) is 0.286. The monoisotopic (exact) mass is 402 g/mol. The van der Waals surface area contributed by atoms with Crippen LogP contribution in [0.25, 0.3) is 11.0 Å². The minimum absolute atomic E-state index is 0. The second-order valence-corrected chi connectivity index (χ2v) is 6.42. The molecule has 0 fully saturated rings. The molecule has 0 bridgehead atoms. The predicted octanol–water partition coefficient (Wildman–Crippen LogP) is -0.256. The van der Waals surface area contributed by atoms with Crippen molar-refractivity contribution in [2.45, 2.75) is 13.2 Å². The van der Waals surface area contributed by atoms with Gasteiger partial charge in [0.25, 0.3) is 0 Å². The zero-order valence-electron chi connectivity index (χ0n) is 16.4. The number of halogens is 1. The summed E-state index contributed by atoms with van der Waals surface area (Å²) in [6.45, 7) is 5.58. The van der Waals surface area contributed by atoms with Gasteiger partial charge >= 0.3 is 5.69 Å². The van der Waals surface area contributed by atoms with E-state index in [-0.39, 0.29) is 18.1 Å². The van der Waals surface area contributed by atoms with Crippen LogP contribution in [0.1, 0.15) is 11.1 Å². The van der Waals surface area contributed by atoms with E-state index in [2.05, 4.69) is 11.9 Å². The van der Waals surface area contributed by atoms with Crippen LogP contribution in [0, 0.1) is 0 Å². The molecular formula is C21H25ClN3O3-. The number of hydrogen-bond acceptors (Lipinski definition) is 4. The predicted molar refractivity (Wildman–Crippen MR) is 107 cm³/mol. The molecule has 0 saturated heterocycles. The van der Waals surface area contributed by atoms with Gasteiger partial charge < -0.3 is 27.2 Å². The van der Waals surface area contributed by atoms with E-state index in [9.17, 15) is 4.79 Å². The average molecular weight is 403 g/mol. The lowest BCUT2D eigenvalue weighted by Crippen LogP contribution is -3.00. The number of aryl methyl sites for hydroxylation is 2. The van der Waals surface area contributed by atoms with Crippen LogP contribution in [0.4, 0.5) is 0 Å². The average Bonchev–Trinajstić information content (AvgIpc) is 2.91. The highest BCUT2D eigenvalue weighted by molar-refractivity contribution is 5.76. The lowest BCUT2D eigenvalue weighted by atomic mass is 10.2. The molecule has 1 N–H and O–H groups in total. The van der Waals surface area contributed by atoms with Crippen LogP contribution >= 0.6 is 0 Å². The number of methoxy groups -OCH3 is 1. The quantitative estimate of drug-likeness (QED) is 0.417. The van der Waals surface area contributed by atoms with Crippen molar-refractivity contribution >= 4 is 11.0 Å². The zero-order chi connectivity index (χ0) is 19.4. The first-order chi connectivity index (χ1) is 13.0. The van der Waals surface area contributed by atoms with Crippen LogP contribution in [0.5, 0.6) is 11.5 Å². The Morgan fingerprint density at radius 1 is 1.04 bits per heavy atom. The van der Waals surface area contributed by atoms with Crippen molar-refractivity contribution in [3.05, 3.63) is 70.7 Å². The highest BCUT2D eigenvalue weighted by atomic mass is 35.5. The van der Waals surface area contributed by atoms with E-state index in [0.29, 0.717) is 18.1 Å². The van der Waals surface area contributed by atoms with Gasteiger partial charge in [0.2, 0.25) is 0 Å². The van der Waals surface area contributed by atoms with E-state index < -0.39 is 0 Å². The SMILES string of the molecule is C=CCNCc1ccc(OCc2ccc3c(c2)n(C)c(=O)n3C)c(OC)c1.[Cl-].